The lowest BCUT2D eigenvalue weighted by molar-refractivity contribution is -0.147. The van der Waals surface area contributed by atoms with Gasteiger partial charge in [0.25, 0.3) is 0 Å². The van der Waals surface area contributed by atoms with Crippen molar-refractivity contribution in [2.45, 2.75) is 25.9 Å². The van der Waals surface area contributed by atoms with Crippen molar-refractivity contribution >= 4 is 17.7 Å². The lowest BCUT2D eigenvalue weighted by Gasteiger charge is -2.22. The van der Waals surface area contributed by atoms with Crippen LogP contribution >= 0.6 is 11.8 Å². The van der Waals surface area contributed by atoms with Gasteiger partial charge < -0.3 is 10.1 Å². The predicted molar refractivity (Wildman–Crippen MR) is 79.1 cm³/mol. The van der Waals surface area contributed by atoms with Crippen LogP contribution in [-0.4, -0.2) is 30.1 Å². The molecular formula is C15H21NO2S. The molecule has 0 aliphatic carbocycles. The maximum atomic E-state index is 12.1. The lowest BCUT2D eigenvalue weighted by Crippen LogP contribution is -2.43. The Hall–Kier alpha value is -1.00. The van der Waals surface area contributed by atoms with Gasteiger partial charge in [0.15, 0.2) is 0 Å². The zero-order chi connectivity index (χ0) is 13.5. The van der Waals surface area contributed by atoms with E-state index in [0.29, 0.717) is 19.1 Å². The standard InChI is InChI=1S/C15H21NO2S/c1-2-18-15(17)14(13-8-9-19-11-13)16-10-12-6-4-3-5-7-12/h3-7,13-14,16H,2,8-11H2,1H3. The van der Waals surface area contributed by atoms with Gasteiger partial charge in [-0.15, -0.1) is 0 Å². The van der Waals surface area contributed by atoms with Crippen molar-refractivity contribution in [2.75, 3.05) is 18.1 Å². The Morgan fingerprint density at radius 3 is 2.89 bits per heavy atom. The Balaban J connectivity index is 1.95. The van der Waals surface area contributed by atoms with Gasteiger partial charge in [0.05, 0.1) is 6.61 Å². The van der Waals surface area contributed by atoms with E-state index in [4.69, 9.17) is 4.74 Å². The van der Waals surface area contributed by atoms with Gasteiger partial charge in [0.2, 0.25) is 0 Å². The Morgan fingerprint density at radius 2 is 2.26 bits per heavy atom. The molecule has 4 heteroatoms. The quantitative estimate of drug-likeness (QED) is 0.812. The first-order valence-electron chi connectivity index (χ1n) is 6.83. The van der Waals surface area contributed by atoms with Crippen LogP contribution in [0.1, 0.15) is 18.9 Å². The number of carbonyl (C=O) groups excluding carboxylic acids is 1. The highest BCUT2D eigenvalue weighted by molar-refractivity contribution is 7.99. The first-order valence-corrected chi connectivity index (χ1v) is 7.98. The number of hydrogen-bond acceptors (Lipinski definition) is 4. The maximum Gasteiger partial charge on any atom is 0.323 e. The van der Waals surface area contributed by atoms with E-state index < -0.39 is 0 Å². The van der Waals surface area contributed by atoms with Crippen molar-refractivity contribution in [3.8, 4) is 0 Å². The topological polar surface area (TPSA) is 38.3 Å². The third-order valence-corrected chi connectivity index (χ3v) is 4.53. The number of nitrogens with one attached hydrogen (secondary N) is 1. The zero-order valence-electron chi connectivity index (χ0n) is 11.3. The largest absolute Gasteiger partial charge is 0.465 e. The molecule has 1 aliphatic rings. The van der Waals surface area contributed by atoms with Gasteiger partial charge in [0.1, 0.15) is 6.04 Å². The minimum Gasteiger partial charge on any atom is -0.465 e. The second kappa shape index (κ2) is 7.56. The number of rotatable bonds is 6. The van der Waals surface area contributed by atoms with E-state index in [1.807, 2.05) is 36.9 Å². The van der Waals surface area contributed by atoms with Crippen LogP contribution in [0.5, 0.6) is 0 Å². The normalized spacial score (nSPS) is 20.2. The molecule has 2 atom stereocenters. The SMILES string of the molecule is CCOC(=O)C(NCc1ccccc1)C1CCSC1. The summed E-state index contributed by atoms with van der Waals surface area (Å²) in [6.07, 6.45) is 1.09. The van der Waals surface area contributed by atoms with Gasteiger partial charge in [0, 0.05) is 6.54 Å². The van der Waals surface area contributed by atoms with Crippen LogP contribution in [0.4, 0.5) is 0 Å². The average molecular weight is 279 g/mol. The minimum atomic E-state index is -0.171. The molecule has 1 heterocycles. The summed E-state index contributed by atoms with van der Waals surface area (Å²) < 4.78 is 5.19. The molecule has 104 valence electrons. The summed E-state index contributed by atoms with van der Waals surface area (Å²) in [5.74, 6) is 2.48. The molecule has 0 bridgehead atoms. The summed E-state index contributed by atoms with van der Waals surface area (Å²) in [6.45, 7) is 3.02. The molecule has 1 fully saturated rings. The highest BCUT2D eigenvalue weighted by Crippen LogP contribution is 2.27. The molecule has 2 rings (SSSR count). The third kappa shape index (κ3) is 4.25. The van der Waals surface area contributed by atoms with Crippen LogP contribution in [-0.2, 0) is 16.1 Å². The number of ether oxygens (including phenoxy) is 1. The van der Waals surface area contributed by atoms with Crippen LogP contribution in [0.2, 0.25) is 0 Å². The van der Waals surface area contributed by atoms with E-state index >= 15 is 0 Å². The van der Waals surface area contributed by atoms with Gasteiger partial charge in [-0.25, -0.2) is 0 Å². The molecule has 0 saturated carbocycles. The zero-order valence-corrected chi connectivity index (χ0v) is 12.1. The lowest BCUT2D eigenvalue weighted by atomic mass is 9.99. The molecule has 1 aliphatic heterocycles. The van der Waals surface area contributed by atoms with Crippen molar-refractivity contribution in [3.63, 3.8) is 0 Å². The van der Waals surface area contributed by atoms with Crippen molar-refractivity contribution < 1.29 is 9.53 Å². The van der Waals surface area contributed by atoms with E-state index in [9.17, 15) is 4.79 Å². The van der Waals surface area contributed by atoms with Gasteiger partial charge in [-0.3, -0.25) is 4.79 Å². The molecule has 0 aromatic heterocycles. The summed E-state index contributed by atoms with van der Waals surface area (Å²) in [5.41, 5.74) is 1.20. The van der Waals surface area contributed by atoms with Crippen molar-refractivity contribution in [1.82, 2.24) is 5.32 Å². The van der Waals surface area contributed by atoms with Crippen molar-refractivity contribution in [2.24, 2.45) is 5.92 Å². The fraction of sp³-hybridized carbons (Fsp3) is 0.533. The van der Waals surface area contributed by atoms with Crippen molar-refractivity contribution in [3.05, 3.63) is 35.9 Å². The third-order valence-electron chi connectivity index (χ3n) is 3.35. The number of hydrogen-bond donors (Lipinski definition) is 1. The number of benzene rings is 1. The second-order valence-electron chi connectivity index (χ2n) is 4.72. The van der Waals surface area contributed by atoms with Crippen LogP contribution in [0.25, 0.3) is 0 Å². The second-order valence-corrected chi connectivity index (χ2v) is 5.87. The molecule has 1 aromatic rings. The van der Waals surface area contributed by atoms with Crippen molar-refractivity contribution in [1.29, 1.82) is 0 Å². The van der Waals surface area contributed by atoms with E-state index in [2.05, 4.69) is 17.4 Å². The van der Waals surface area contributed by atoms with E-state index in [1.54, 1.807) is 0 Å². The highest BCUT2D eigenvalue weighted by atomic mass is 32.2. The van der Waals surface area contributed by atoms with E-state index in [0.717, 1.165) is 17.9 Å². The van der Waals surface area contributed by atoms with Gasteiger partial charge >= 0.3 is 5.97 Å². The molecule has 1 aromatic carbocycles. The van der Waals surface area contributed by atoms with E-state index in [-0.39, 0.29) is 12.0 Å². The average Bonchev–Trinajstić information content (AvgIpc) is 2.94. The summed E-state index contributed by atoms with van der Waals surface area (Å²) in [7, 11) is 0. The van der Waals surface area contributed by atoms with Crippen LogP contribution in [0, 0.1) is 5.92 Å². The number of esters is 1. The monoisotopic (exact) mass is 279 g/mol. The Kier molecular flexibility index (Phi) is 5.73. The fourth-order valence-electron chi connectivity index (χ4n) is 2.31. The molecule has 1 saturated heterocycles. The smallest absolute Gasteiger partial charge is 0.323 e. The summed E-state index contributed by atoms with van der Waals surface area (Å²) in [6, 6.07) is 10.00. The first-order chi connectivity index (χ1) is 9.31. The molecule has 2 unspecified atom stereocenters. The Labute approximate surface area is 119 Å². The Morgan fingerprint density at radius 1 is 1.47 bits per heavy atom. The molecular weight excluding hydrogens is 258 g/mol. The van der Waals surface area contributed by atoms with Crippen LogP contribution in [0.15, 0.2) is 30.3 Å². The fourth-order valence-corrected chi connectivity index (χ4v) is 3.61. The number of carbonyl (C=O) groups is 1. The van der Waals surface area contributed by atoms with Gasteiger partial charge in [-0.1, -0.05) is 30.3 Å². The number of thioether (sulfide) groups is 1. The molecule has 0 radical (unpaired) electrons. The summed E-state index contributed by atoms with van der Waals surface area (Å²) in [5, 5.41) is 3.37. The van der Waals surface area contributed by atoms with Crippen LogP contribution < -0.4 is 5.32 Å². The van der Waals surface area contributed by atoms with Crippen LogP contribution in [0.3, 0.4) is 0 Å². The van der Waals surface area contributed by atoms with Gasteiger partial charge in [-0.2, -0.15) is 11.8 Å². The van der Waals surface area contributed by atoms with E-state index in [1.165, 1.54) is 5.56 Å². The molecule has 3 nitrogen and oxygen atoms in total. The molecule has 0 amide bonds. The summed E-state index contributed by atoms with van der Waals surface area (Å²) in [4.78, 5) is 12.1. The Bertz CT molecular complexity index is 390. The highest BCUT2D eigenvalue weighted by Gasteiger charge is 2.31. The minimum absolute atomic E-state index is 0.106. The van der Waals surface area contributed by atoms with Gasteiger partial charge in [-0.05, 0) is 36.3 Å². The predicted octanol–water partition coefficient (Wildman–Crippen LogP) is 2.46. The molecule has 1 N–H and O–H groups in total. The maximum absolute atomic E-state index is 12.1. The summed E-state index contributed by atoms with van der Waals surface area (Å²) >= 11 is 1.92. The first kappa shape index (κ1) is 14.4. The molecule has 0 spiro atoms. The molecule has 19 heavy (non-hydrogen) atoms.